The van der Waals surface area contributed by atoms with Crippen molar-refractivity contribution in [3.05, 3.63) is 41.8 Å². The smallest absolute Gasteiger partial charge is 0.246 e. The van der Waals surface area contributed by atoms with Crippen molar-refractivity contribution in [2.75, 3.05) is 15.8 Å². The van der Waals surface area contributed by atoms with E-state index in [0.717, 1.165) is 30.8 Å². The molecule has 182 valence electrons. The van der Waals surface area contributed by atoms with Crippen LogP contribution >= 0.6 is 0 Å². The number of fused-ring (bicyclic) bond motifs is 1. The molecule has 1 atom stereocenters. The molecular weight excluding hydrogens is 463 g/mol. The van der Waals surface area contributed by atoms with E-state index in [1.165, 1.54) is 31.4 Å². The monoisotopic (exact) mass is 491 g/mol. The van der Waals surface area contributed by atoms with Gasteiger partial charge >= 0.3 is 0 Å². The molecule has 0 amide bonds. The quantitative estimate of drug-likeness (QED) is 0.404. The number of aryl methyl sites for hydroxylation is 1. The average Bonchev–Trinajstić information content (AvgIpc) is 2.79. The number of hydrogen-bond acceptors (Lipinski definition) is 5. The summed E-state index contributed by atoms with van der Waals surface area (Å²) in [6.07, 6.45) is 7.06. The molecule has 1 aromatic carbocycles. The normalized spacial score (nSPS) is 15.9. The third kappa shape index (κ3) is 6.22. The summed E-state index contributed by atoms with van der Waals surface area (Å²) >= 11 is 0. The highest BCUT2D eigenvalue weighted by Crippen LogP contribution is 2.28. The first-order valence-corrected chi connectivity index (χ1v) is 12.7. The molecule has 0 saturated heterocycles. The van der Waals surface area contributed by atoms with Crippen LogP contribution in [0.5, 0.6) is 0 Å². The fourth-order valence-corrected chi connectivity index (χ4v) is 5.09. The minimum atomic E-state index is -2.92. The van der Waals surface area contributed by atoms with Crippen LogP contribution in [0.3, 0.4) is 0 Å². The van der Waals surface area contributed by atoms with E-state index in [1.807, 2.05) is 13.0 Å². The van der Waals surface area contributed by atoms with Crippen LogP contribution in [-0.4, -0.2) is 36.9 Å². The third-order valence-electron chi connectivity index (χ3n) is 5.89. The van der Waals surface area contributed by atoms with Crippen LogP contribution < -0.4 is 10.0 Å². The number of nitrogens with zero attached hydrogens (tertiary/aromatic N) is 3. The van der Waals surface area contributed by atoms with E-state index in [-0.39, 0.29) is 11.4 Å². The van der Waals surface area contributed by atoms with Gasteiger partial charge < -0.3 is 10.0 Å². The lowest BCUT2D eigenvalue weighted by molar-refractivity contribution is 0.0192. The lowest BCUT2D eigenvalue weighted by Gasteiger charge is -2.22. The van der Waals surface area contributed by atoms with Gasteiger partial charge in [-0.1, -0.05) is 25.3 Å². The van der Waals surface area contributed by atoms with E-state index in [2.05, 4.69) is 25.0 Å². The van der Waals surface area contributed by atoms with Crippen molar-refractivity contribution >= 4 is 33.7 Å². The van der Waals surface area contributed by atoms with E-state index in [0.29, 0.717) is 28.8 Å². The van der Waals surface area contributed by atoms with Gasteiger partial charge in [0.1, 0.15) is 22.3 Å². The highest BCUT2D eigenvalue weighted by Gasteiger charge is 2.22. The van der Waals surface area contributed by atoms with Crippen molar-refractivity contribution in [3.8, 4) is 11.3 Å². The Morgan fingerprint density at radius 2 is 1.91 bits per heavy atom. The number of hydrogen-bond donors (Lipinski definition) is 2. The first-order valence-electron chi connectivity index (χ1n) is 11.4. The van der Waals surface area contributed by atoms with Crippen LogP contribution in [0.25, 0.3) is 22.3 Å². The van der Waals surface area contributed by atoms with E-state index in [4.69, 9.17) is 0 Å². The number of benzene rings is 1. The highest BCUT2D eigenvalue weighted by atomic mass is 32.2. The van der Waals surface area contributed by atoms with Gasteiger partial charge in [0.2, 0.25) is 11.9 Å². The molecule has 0 bridgehead atoms. The second kappa shape index (κ2) is 10.2. The van der Waals surface area contributed by atoms with Crippen LogP contribution in [0.4, 0.5) is 24.8 Å². The molecule has 10 heteroatoms. The summed E-state index contributed by atoms with van der Waals surface area (Å²) < 4.78 is 55.0. The molecule has 1 saturated carbocycles. The summed E-state index contributed by atoms with van der Waals surface area (Å²) in [6, 6.07) is 6.58. The maximum atomic E-state index is 14.7. The molecule has 1 fully saturated rings. The fraction of sp³-hybridized carbons (Fsp3) is 0.458. The summed E-state index contributed by atoms with van der Waals surface area (Å²) in [4.78, 5) is 13.7. The Balaban J connectivity index is 1.51. The molecule has 6 nitrogen and oxygen atoms in total. The Bertz CT molecular complexity index is 1200. The Kier molecular flexibility index (Phi) is 7.35. The van der Waals surface area contributed by atoms with Gasteiger partial charge in [-0.3, -0.25) is 0 Å². The van der Waals surface area contributed by atoms with Crippen molar-refractivity contribution in [2.24, 2.45) is 0 Å². The predicted molar refractivity (Wildman–Crippen MR) is 130 cm³/mol. The number of pyridine rings is 1. The molecule has 2 aromatic heterocycles. The second-order valence-electron chi connectivity index (χ2n) is 8.90. The van der Waals surface area contributed by atoms with E-state index in [1.54, 1.807) is 12.3 Å². The summed E-state index contributed by atoms with van der Waals surface area (Å²) in [5.41, 5.74) is 3.30. The predicted octanol–water partition coefficient (Wildman–Crippen LogP) is 6.00. The van der Waals surface area contributed by atoms with Crippen LogP contribution in [0.2, 0.25) is 0 Å². The topological polar surface area (TPSA) is 79.8 Å². The molecule has 3 aromatic rings. The Hall–Kier alpha value is -2.75. The van der Waals surface area contributed by atoms with Crippen LogP contribution in [-0.2, 0) is 11.0 Å². The second-order valence-corrected chi connectivity index (χ2v) is 10.2. The summed E-state index contributed by atoms with van der Waals surface area (Å²) in [5, 5.41) is 3.42. The molecule has 1 aliphatic rings. The molecule has 0 radical (unpaired) electrons. The summed E-state index contributed by atoms with van der Waals surface area (Å²) in [6.45, 7) is 2.68. The minimum absolute atomic E-state index is 0.0132. The number of alkyl halides is 2. The van der Waals surface area contributed by atoms with Gasteiger partial charge in [-0.15, -0.1) is 0 Å². The summed E-state index contributed by atoms with van der Waals surface area (Å²) in [5.74, 6) is -3.26. The largest absolute Gasteiger partial charge is 0.351 e. The zero-order valence-electron chi connectivity index (χ0n) is 19.2. The lowest BCUT2D eigenvalue weighted by atomic mass is 9.96. The Morgan fingerprint density at radius 1 is 1.15 bits per heavy atom. The number of rotatable bonds is 8. The molecule has 34 heavy (non-hydrogen) atoms. The van der Waals surface area contributed by atoms with Gasteiger partial charge in [0.25, 0.3) is 0 Å². The van der Waals surface area contributed by atoms with Crippen molar-refractivity contribution in [3.63, 3.8) is 0 Å². The lowest BCUT2D eigenvalue weighted by Crippen LogP contribution is -2.23. The number of aromatic nitrogens is 3. The Morgan fingerprint density at radius 3 is 2.62 bits per heavy atom. The Labute approximate surface area is 199 Å². The van der Waals surface area contributed by atoms with E-state index >= 15 is 0 Å². The van der Waals surface area contributed by atoms with Crippen LogP contribution in [0.15, 0.2) is 30.5 Å². The first kappa shape index (κ1) is 24.4. The third-order valence-corrected chi connectivity index (χ3v) is 6.91. The molecule has 1 aliphatic carbocycles. The van der Waals surface area contributed by atoms with Gasteiger partial charge in [0, 0.05) is 23.8 Å². The van der Waals surface area contributed by atoms with Gasteiger partial charge in [-0.05, 0) is 50.5 Å². The highest BCUT2D eigenvalue weighted by molar-refractivity contribution is 7.86. The molecule has 1 unspecified atom stereocenters. The standard InChI is InChI=1S/C24H28F3N5OS/c1-15-12-20(16-8-9-19(18(25)13-16)32-34(33)11-10-24(2,26)27)30-21-14-28-23(31-22(15)21)29-17-6-4-3-5-7-17/h8-9,12-14,17,32H,3-7,10-11H2,1-2H3,(H,28,29,31). The fourth-order valence-electron chi connectivity index (χ4n) is 4.03. The molecule has 2 heterocycles. The zero-order valence-corrected chi connectivity index (χ0v) is 20.0. The van der Waals surface area contributed by atoms with Crippen molar-refractivity contribution in [2.45, 2.75) is 64.3 Å². The maximum absolute atomic E-state index is 14.7. The van der Waals surface area contributed by atoms with Crippen LogP contribution in [0, 0.1) is 12.7 Å². The molecule has 2 N–H and O–H groups in total. The van der Waals surface area contributed by atoms with Gasteiger partial charge in [0.05, 0.1) is 23.1 Å². The van der Waals surface area contributed by atoms with Gasteiger partial charge in [0.15, 0.2) is 0 Å². The van der Waals surface area contributed by atoms with Crippen LogP contribution in [0.1, 0.15) is 51.0 Å². The summed E-state index contributed by atoms with van der Waals surface area (Å²) in [7, 11) is -1.81. The molecule has 0 aliphatic heterocycles. The van der Waals surface area contributed by atoms with E-state index < -0.39 is 29.1 Å². The molecule has 0 spiro atoms. The maximum Gasteiger partial charge on any atom is 0.246 e. The van der Waals surface area contributed by atoms with E-state index in [9.17, 15) is 17.4 Å². The van der Waals surface area contributed by atoms with Crippen molar-refractivity contribution < 1.29 is 17.4 Å². The number of anilines is 2. The molecular formula is C24H28F3N5OS. The van der Waals surface area contributed by atoms with Crippen molar-refractivity contribution in [1.29, 1.82) is 0 Å². The minimum Gasteiger partial charge on any atom is -0.351 e. The number of nitrogens with one attached hydrogen (secondary N) is 2. The van der Waals surface area contributed by atoms with Gasteiger partial charge in [-0.2, -0.15) is 0 Å². The van der Waals surface area contributed by atoms with Crippen molar-refractivity contribution in [1.82, 2.24) is 15.0 Å². The zero-order chi connectivity index (χ0) is 24.3. The van der Waals surface area contributed by atoms with Gasteiger partial charge in [-0.25, -0.2) is 32.3 Å². The SMILES string of the molecule is Cc1cc(-c2ccc(NS(=O)CCC(C)(F)F)c(F)c2)nc2cnc(NC3CCCCC3)nc12. The average molecular weight is 492 g/mol. The first-order chi connectivity index (χ1) is 16.2. The molecule has 4 rings (SSSR count). The number of halogens is 3.